The highest BCUT2D eigenvalue weighted by atomic mass is 16.5. The van der Waals surface area contributed by atoms with Gasteiger partial charge in [0, 0.05) is 23.5 Å². The smallest absolute Gasteiger partial charge is 0.339 e. The molecule has 0 fully saturated rings. The summed E-state index contributed by atoms with van der Waals surface area (Å²) in [5.41, 5.74) is 2.54. The van der Waals surface area contributed by atoms with Crippen LogP contribution < -0.4 is 0 Å². The van der Waals surface area contributed by atoms with Crippen LogP contribution in [0.15, 0.2) is 48.8 Å². The molecule has 0 radical (unpaired) electrons. The first kappa shape index (κ1) is 9.09. The van der Waals surface area contributed by atoms with Crippen LogP contribution in [-0.2, 0) is 4.74 Å². The lowest BCUT2D eigenvalue weighted by atomic mass is 10.0. The number of cyclic esters (lactones) is 1. The Morgan fingerprint density at radius 1 is 1.06 bits per heavy atom. The predicted octanol–water partition coefficient (Wildman–Crippen LogP) is 2.34. The number of pyridine rings is 1. The van der Waals surface area contributed by atoms with Gasteiger partial charge in [0.25, 0.3) is 0 Å². The predicted molar refractivity (Wildman–Crippen MR) is 57.9 cm³/mol. The third-order valence-electron chi connectivity index (χ3n) is 2.70. The Labute approximate surface area is 92.7 Å². The molecule has 0 N–H and O–H groups in total. The summed E-state index contributed by atoms with van der Waals surface area (Å²) in [6.07, 6.45) is 3.11. The van der Waals surface area contributed by atoms with Crippen molar-refractivity contribution in [2.75, 3.05) is 0 Å². The van der Waals surface area contributed by atoms with Crippen LogP contribution in [0.25, 0.3) is 0 Å². The van der Waals surface area contributed by atoms with Crippen LogP contribution in [0, 0.1) is 0 Å². The summed E-state index contributed by atoms with van der Waals surface area (Å²) in [6, 6.07) is 11.2. The Morgan fingerprint density at radius 3 is 2.62 bits per heavy atom. The number of ether oxygens (including phenoxy) is 1. The number of rotatable bonds is 1. The number of aromatic nitrogens is 1. The van der Waals surface area contributed by atoms with E-state index in [1.807, 2.05) is 30.3 Å². The van der Waals surface area contributed by atoms with Gasteiger partial charge >= 0.3 is 5.97 Å². The van der Waals surface area contributed by atoms with E-state index >= 15 is 0 Å². The van der Waals surface area contributed by atoms with E-state index in [0.717, 1.165) is 11.1 Å². The van der Waals surface area contributed by atoms with Crippen LogP contribution in [0.1, 0.15) is 27.6 Å². The summed E-state index contributed by atoms with van der Waals surface area (Å²) in [5.74, 6) is -0.252. The number of fused-ring (bicyclic) bond motifs is 1. The zero-order chi connectivity index (χ0) is 11.0. The molecule has 2 aromatic rings. The summed E-state index contributed by atoms with van der Waals surface area (Å²) in [4.78, 5) is 15.6. The van der Waals surface area contributed by atoms with Crippen LogP contribution in [-0.4, -0.2) is 11.0 Å². The van der Waals surface area contributed by atoms with Gasteiger partial charge in [-0.3, -0.25) is 4.98 Å². The van der Waals surface area contributed by atoms with Crippen molar-refractivity contribution in [3.63, 3.8) is 0 Å². The Balaban J connectivity index is 2.11. The average Bonchev–Trinajstić information content (AvgIpc) is 2.69. The highest BCUT2D eigenvalue weighted by molar-refractivity contribution is 5.94. The van der Waals surface area contributed by atoms with Crippen LogP contribution >= 0.6 is 0 Å². The van der Waals surface area contributed by atoms with Crippen LogP contribution in [0.3, 0.4) is 0 Å². The van der Waals surface area contributed by atoms with Gasteiger partial charge in [-0.2, -0.15) is 0 Å². The molecule has 3 rings (SSSR count). The standard InChI is InChI=1S/C13H9NO2/c15-13-11-4-2-1-3-10(11)12(16-13)9-5-7-14-8-6-9/h1-8,12H/t12-/m0/s1. The molecule has 1 aliphatic rings. The Morgan fingerprint density at radius 2 is 1.81 bits per heavy atom. The van der Waals surface area contributed by atoms with E-state index in [1.54, 1.807) is 18.5 Å². The second-order valence-corrected chi connectivity index (χ2v) is 3.65. The Kier molecular flexibility index (Phi) is 1.96. The molecule has 1 aromatic heterocycles. The van der Waals surface area contributed by atoms with E-state index in [0.29, 0.717) is 5.56 Å². The molecule has 0 saturated heterocycles. The van der Waals surface area contributed by atoms with Gasteiger partial charge in [-0.25, -0.2) is 4.79 Å². The lowest BCUT2D eigenvalue weighted by molar-refractivity contribution is 0.0455. The number of carbonyl (C=O) groups excluding carboxylic acids is 1. The van der Waals surface area contributed by atoms with Crippen molar-refractivity contribution in [2.45, 2.75) is 6.10 Å². The maximum absolute atomic E-state index is 11.6. The minimum Gasteiger partial charge on any atom is -0.449 e. The molecule has 0 saturated carbocycles. The summed E-state index contributed by atoms with van der Waals surface area (Å²) >= 11 is 0. The topological polar surface area (TPSA) is 39.2 Å². The van der Waals surface area contributed by atoms with E-state index < -0.39 is 0 Å². The van der Waals surface area contributed by atoms with E-state index in [1.165, 1.54) is 0 Å². The number of benzene rings is 1. The summed E-state index contributed by atoms with van der Waals surface area (Å²) < 4.78 is 5.35. The van der Waals surface area contributed by atoms with Crippen molar-refractivity contribution in [1.29, 1.82) is 0 Å². The van der Waals surface area contributed by atoms with Gasteiger partial charge in [-0.05, 0) is 18.2 Å². The van der Waals surface area contributed by atoms with Crippen molar-refractivity contribution in [2.24, 2.45) is 0 Å². The van der Waals surface area contributed by atoms with E-state index in [2.05, 4.69) is 4.98 Å². The van der Waals surface area contributed by atoms with Gasteiger partial charge in [0.05, 0.1) is 5.56 Å². The molecule has 0 spiro atoms. The molecular formula is C13H9NO2. The molecule has 0 unspecified atom stereocenters. The van der Waals surface area contributed by atoms with Crippen molar-refractivity contribution >= 4 is 5.97 Å². The maximum atomic E-state index is 11.6. The zero-order valence-corrected chi connectivity index (χ0v) is 8.46. The minimum absolute atomic E-state index is 0.252. The lowest BCUT2D eigenvalue weighted by Crippen LogP contribution is -2.00. The monoisotopic (exact) mass is 211 g/mol. The fourth-order valence-electron chi connectivity index (χ4n) is 1.93. The van der Waals surface area contributed by atoms with Crippen molar-refractivity contribution < 1.29 is 9.53 Å². The molecule has 16 heavy (non-hydrogen) atoms. The number of esters is 1. The second-order valence-electron chi connectivity index (χ2n) is 3.65. The molecule has 1 aromatic carbocycles. The number of nitrogens with zero attached hydrogens (tertiary/aromatic N) is 1. The molecular weight excluding hydrogens is 202 g/mol. The van der Waals surface area contributed by atoms with Gasteiger partial charge in [-0.15, -0.1) is 0 Å². The largest absolute Gasteiger partial charge is 0.449 e. The third kappa shape index (κ3) is 1.29. The molecule has 3 heteroatoms. The Hall–Kier alpha value is -2.16. The van der Waals surface area contributed by atoms with Gasteiger partial charge in [0.15, 0.2) is 6.10 Å². The maximum Gasteiger partial charge on any atom is 0.339 e. The quantitative estimate of drug-likeness (QED) is 0.679. The van der Waals surface area contributed by atoms with Crippen molar-refractivity contribution in [1.82, 2.24) is 4.98 Å². The van der Waals surface area contributed by atoms with Gasteiger partial charge in [0.2, 0.25) is 0 Å². The highest BCUT2D eigenvalue weighted by Crippen LogP contribution is 2.34. The first-order chi connectivity index (χ1) is 7.86. The minimum atomic E-state index is -0.285. The molecule has 78 valence electrons. The van der Waals surface area contributed by atoms with Crippen LogP contribution in [0.4, 0.5) is 0 Å². The first-order valence-corrected chi connectivity index (χ1v) is 5.06. The van der Waals surface area contributed by atoms with Gasteiger partial charge < -0.3 is 4.74 Å². The lowest BCUT2D eigenvalue weighted by Gasteiger charge is -2.09. The second kappa shape index (κ2) is 3.45. The van der Waals surface area contributed by atoms with Crippen molar-refractivity contribution in [3.8, 4) is 0 Å². The molecule has 1 atom stereocenters. The average molecular weight is 211 g/mol. The van der Waals surface area contributed by atoms with Crippen LogP contribution in [0.5, 0.6) is 0 Å². The number of hydrogen-bond acceptors (Lipinski definition) is 3. The zero-order valence-electron chi connectivity index (χ0n) is 8.46. The Bertz CT molecular complexity index is 537. The number of hydrogen-bond donors (Lipinski definition) is 0. The van der Waals surface area contributed by atoms with E-state index in [4.69, 9.17) is 4.74 Å². The molecule has 2 heterocycles. The third-order valence-corrected chi connectivity index (χ3v) is 2.70. The summed E-state index contributed by atoms with van der Waals surface area (Å²) in [7, 11) is 0. The molecule has 0 aliphatic carbocycles. The molecule has 3 nitrogen and oxygen atoms in total. The summed E-state index contributed by atoms with van der Waals surface area (Å²) in [6.45, 7) is 0. The first-order valence-electron chi connectivity index (χ1n) is 5.06. The van der Waals surface area contributed by atoms with Gasteiger partial charge in [0.1, 0.15) is 0 Å². The van der Waals surface area contributed by atoms with E-state index in [-0.39, 0.29) is 12.1 Å². The molecule has 0 amide bonds. The summed E-state index contributed by atoms with van der Waals surface area (Å²) in [5, 5.41) is 0. The SMILES string of the molecule is O=C1O[C@@H](c2ccncc2)c2ccccc21. The highest BCUT2D eigenvalue weighted by Gasteiger charge is 2.31. The molecule has 1 aliphatic heterocycles. The van der Waals surface area contributed by atoms with Crippen LogP contribution in [0.2, 0.25) is 0 Å². The van der Waals surface area contributed by atoms with E-state index in [9.17, 15) is 4.79 Å². The number of carbonyl (C=O) groups is 1. The normalized spacial score (nSPS) is 18.0. The molecule has 0 bridgehead atoms. The van der Waals surface area contributed by atoms with Crippen molar-refractivity contribution in [3.05, 3.63) is 65.5 Å². The van der Waals surface area contributed by atoms with Gasteiger partial charge in [-0.1, -0.05) is 18.2 Å². The fourth-order valence-corrected chi connectivity index (χ4v) is 1.93. The fraction of sp³-hybridized carbons (Fsp3) is 0.0769.